The first-order valence-corrected chi connectivity index (χ1v) is 8.42. The second-order valence-electron chi connectivity index (χ2n) is 7.28. The largest absolute Gasteiger partial charge is 0.461 e. The lowest BCUT2D eigenvalue weighted by molar-refractivity contribution is 0.0478. The molecule has 0 aliphatic heterocycles. The van der Waals surface area contributed by atoms with Crippen molar-refractivity contribution in [3.8, 4) is 0 Å². The van der Waals surface area contributed by atoms with E-state index in [1.54, 1.807) is 32.9 Å². The Labute approximate surface area is 137 Å². The lowest BCUT2D eigenvalue weighted by atomic mass is 9.84. The summed E-state index contributed by atoms with van der Waals surface area (Å²) in [6.07, 6.45) is 7.41. The Balaban J connectivity index is 2.04. The number of ether oxygens (including phenoxy) is 1. The maximum Gasteiger partial charge on any atom is 0.408 e. The van der Waals surface area contributed by atoms with Gasteiger partial charge in [0.2, 0.25) is 5.78 Å². The van der Waals surface area contributed by atoms with E-state index < -0.39 is 17.7 Å². The van der Waals surface area contributed by atoms with Crippen LogP contribution in [0.2, 0.25) is 0 Å². The van der Waals surface area contributed by atoms with E-state index in [2.05, 4.69) is 5.32 Å². The van der Waals surface area contributed by atoms with Gasteiger partial charge in [-0.2, -0.15) is 0 Å². The van der Waals surface area contributed by atoms with E-state index in [9.17, 15) is 9.59 Å². The fourth-order valence-corrected chi connectivity index (χ4v) is 3.03. The van der Waals surface area contributed by atoms with Crippen molar-refractivity contribution in [3.05, 3.63) is 24.2 Å². The summed E-state index contributed by atoms with van der Waals surface area (Å²) in [6.45, 7) is 5.41. The van der Waals surface area contributed by atoms with Crippen molar-refractivity contribution in [2.45, 2.75) is 70.9 Å². The molecule has 1 aliphatic rings. The molecule has 1 aromatic heterocycles. The monoisotopic (exact) mass is 321 g/mol. The highest BCUT2D eigenvalue weighted by Crippen LogP contribution is 2.28. The van der Waals surface area contributed by atoms with Crippen LogP contribution in [0.25, 0.3) is 0 Å². The summed E-state index contributed by atoms with van der Waals surface area (Å²) in [5.41, 5.74) is -0.590. The summed E-state index contributed by atoms with van der Waals surface area (Å²) in [6, 6.07) is 2.71. The van der Waals surface area contributed by atoms with E-state index in [4.69, 9.17) is 9.15 Å². The Morgan fingerprint density at radius 2 is 2.00 bits per heavy atom. The smallest absolute Gasteiger partial charge is 0.408 e. The first kappa shape index (κ1) is 17.6. The summed E-state index contributed by atoms with van der Waals surface area (Å²) in [4.78, 5) is 24.7. The molecule has 0 aromatic carbocycles. The van der Waals surface area contributed by atoms with Gasteiger partial charge in [-0.1, -0.05) is 32.1 Å². The molecule has 1 aromatic rings. The van der Waals surface area contributed by atoms with E-state index in [1.807, 2.05) is 0 Å². The average molecular weight is 321 g/mol. The zero-order valence-corrected chi connectivity index (χ0v) is 14.3. The molecule has 23 heavy (non-hydrogen) atoms. The molecular formula is C18H27NO4. The van der Waals surface area contributed by atoms with Crippen LogP contribution in [0.4, 0.5) is 4.79 Å². The molecule has 1 unspecified atom stereocenters. The molecule has 0 spiro atoms. The van der Waals surface area contributed by atoms with E-state index in [0.717, 1.165) is 12.8 Å². The first-order valence-electron chi connectivity index (χ1n) is 8.42. The van der Waals surface area contributed by atoms with Crippen molar-refractivity contribution >= 4 is 11.9 Å². The molecule has 1 fully saturated rings. The zero-order valence-electron chi connectivity index (χ0n) is 14.3. The number of ketones is 1. The third-order valence-corrected chi connectivity index (χ3v) is 4.07. The summed E-state index contributed by atoms with van der Waals surface area (Å²) < 4.78 is 10.5. The quantitative estimate of drug-likeness (QED) is 0.820. The number of amides is 1. The minimum atomic E-state index is -0.598. The number of carbonyl (C=O) groups is 2. The summed E-state index contributed by atoms with van der Waals surface area (Å²) >= 11 is 0. The number of hydrogen-bond donors (Lipinski definition) is 1. The number of Topliss-reactive ketones (excluding diaryl/α,β-unsaturated/α-hetero) is 1. The van der Waals surface area contributed by atoms with Crippen LogP contribution in [-0.2, 0) is 4.74 Å². The molecule has 2 rings (SSSR count). The number of nitrogens with one attached hydrogen (secondary N) is 1. The molecule has 1 amide bonds. The SMILES string of the molecule is CC(C)(C)OC(=O)NC(CC1CCCCC1)C(=O)c1ccco1. The Hall–Kier alpha value is -1.78. The van der Waals surface area contributed by atoms with Crippen molar-refractivity contribution in [3.63, 3.8) is 0 Å². The van der Waals surface area contributed by atoms with E-state index in [0.29, 0.717) is 12.3 Å². The van der Waals surface area contributed by atoms with Crippen LogP contribution < -0.4 is 5.32 Å². The van der Waals surface area contributed by atoms with E-state index in [1.165, 1.54) is 25.5 Å². The predicted molar refractivity (Wildman–Crippen MR) is 87.4 cm³/mol. The lowest BCUT2D eigenvalue weighted by Gasteiger charge is -2.27. The molecule has 0 saturated heterocycles. The Bertz CT molecular complexity index is 510. The van der Waals surface area contributed by atoms with Crippen LogP contribution in [-0.4, -0.2) is 23.5 Å². The molecule has 1 saturated carbocycles. The van der Waals surface area contributed by atoms with Crippen LogP contribution in [0.1, 0.15) is 69.9 Å². The molecule has 1 heterocycles. The molecule has 0 bridgehead atoms. The lowest BCUT2D eigenvalue weighted by Crippen LogP contribution is -2.44. The third kappa shape index (κ3) is 5.73. The zero-order chi connectivity index (χ0) is 16.9. The summed E-state index contributed by atoms with van der Waals surface area (Å²) in [5, 5.41) is 2.74. The highest BCUT2D eigenvalue weighted by molar-refractivity contribution is 5.99. The molecule has 5 nitrogen and oxygen atoms in total. The summed E-state index contributed by atoms with van der Waals surface area (Å²) in [5.74, 6) is 0.552. The van der Waals surface area contributed by atoms with Crippen LogP contribution in [0.15, 0.2) is 22.8 Å². The van der Waals surface area contributed by atoms with Gasteiger partial charge in [0.1, 0.15) is 5.60 Å². The van der Waals surface area contributed by atoms with E-state index >= 15 is 0 Å². The van der Waals surface area contributed by atoms with Gasteiger partial charge in [-0.05, 0) is 45.2 Å². The highest BCUT2D eigenvalue weighted by Gasteiger charge is 2.29. The second kappa shape index (κ2) is 7.66. The predicted octanol–water partition coefficient (Wildman–Crippen LogP) is 4.33. The Morgan fingerprint density at radius 1 is 1.30 bits per heavy atom. The third-order valence-electron chi connectivity index (χ3n) is 4.07. The van der Waals surface area contributed by atoms with Crippen molar-refractivity contribution in [2.75, 3.05) is 0 Å². The maximum absolute atomic E-state index is 12.6. The number of alkyl carbamates (subject to hydrolysis) is 1. The average Bonchev–Trinajstić information content (AvgIpc) is 2.99. The van der Waals surface area contributed by atoms with Gasteiger partial charge in [-0.15, -0.1) is 0 Å². The van der Waals surface area contributed by atoms with Crippen LogP contribution in [0.3, 0.4) is 0 Å². The maximum atomic E-state index is 12.6. The minimum absolute atomic E-state index is 0.188. The molecular weight excluding hydrogens is 294 g/mol. The van der Waals surface area contributed by atoms with Gasteiger partial charge >= 0.3 is 6.09 Å². The topological polar surface area (TPSA) is 68.5 Å². The van der Waals surface area contributed by atoms with Crippen LogP contribution in [0, 0.1) is 5.92 Å². The Kier molecular flexibility index (Phi) is 5.85. The van der Waals surface area contributed by atoms with Gasteiger partial charge in [0.15, 0.2) is 5.76 Å². The fraction of sp³-hybridized carbons (Fsp3) is 0.667. The first-order chi connectivity index (χ1) is 10.8. The van der Waals surface area contributed by atoms with Crippen molar-refractivity contribution in [1.82, 2.24) is 5.32 Å². The van der Waals surface area contributed by atoms with Gasteiger partial charge in [0, 0.05) is 0 Å². The van der Waals surface area contributed by atoms with Crippen molar-refractivity contribution in [1.29, 1.82) is 0 Å². The molecule has 1 N–H and O–H groups in total. The van der Waals surface area contributed by atoms with Gasteiger partial charge in [0.05, 0.1) is 12.3 Å². The van der Waals surface area contributed by atoms with E-state index in [-0.39, 0.29) is 11.5 Å². The molecule has 0 radical (unpaired) electrons. The standard InChI is InChI=1S/C18H27NO4/c1-18(2,3)23-17(21)19-14(12-13-8-5-4-6-9-13)16(20)15-10-7-11-22-15/h7,10-11,13-14H,4-6,8-9,12H2,1-3H3,(H,19,21). The van der Waals surface area contributed by atoms with Gasteiger partial charge < -0.3 is 14.5 Å². The van der Waals surface area contributed by atoms with Crippen molar-refractivity contribution in [2.24, 2.45) is 5.92 Å². The minimum Gasteiger partial charge on any atom is -0.461 e. The van der Waals surface area contributed by atoms with Crippen LogP contribution >= 0.6 is 0 Å². The number of hydrogen-bond acceptors (Lipinski definition) is 4. The molecule has 1 aliphatic carbocycles. The fourth-order valence-electron chi connectivity index (χ4n) is 3.03. The number of rotatable bonds is 5. The van der Waals surface area contributed by atoms with Gasteiger partial charge in [-0.25, -0.2) is 4.79 Å². The molecule has 5 heteroatoms. The highest BCUT2D eigenvalue weighted by atomic mass is 16.6. The normalized spacial score (nSPS) is 17.5. The van der Waals surface area contributed by atoms with Gasteiger partial charge in [0.25, 0.3) is 0 Å². The summed E-state index contributed by atoms with van der Waals surface area (Å²) in [7, 11) is 0. The second-order valence-corrected chi connectivity index (χ2v) is 7.28. The van der Waals surface area contributed by atoms with Crippen molar-refractivity contribution < 1.29 is 18.7 Å². The Morgan fingerprint density at radius 3 is 2.57 bits per heavy atom. The van der Waals surface area contributed by atoms with Crippen LogP contribution in [0.5, 0.6) is 0 Å². The van der Waals surface area contributed by atoms with Gasteiger partial charge in [-0.3, -0.25) is 4.79 Å². The number of carbonyl (C=O) groups excluding carboxylic acids is 2. The molecule has 128 valence electrons. The molecule has 1 atom stereocenters. The number of furan rings is 1.